The zero-order valence-electron chi connectivity index (χ0n) is 10.3. The second kappa shape index (κ2) is 6.18. The zero-order valence-corrected chi connectivity index (χ0v) is 11.0. The molecular formula is C13H16ClNO3. The lowest BCUT2D eigenvalue weighted by Gasteiger charge is -2.29. The number of likely N-dealkylation sites (N-methyl/N-ethyl adjacent to an activating group) is 1. The average Bonchev–Trinajstić information content (AvgIpc) is 2.37. The van der Waals surface area contributed by atoms with Crippen LogP contribution in [0, 0.1) is 0 Å². The van der Waals surface area contributed by atoms with Gasteiger partial charge in [0, 0.05) is 18.7 Å². The number of nitrogens with zero attached hydrogens (tertiary/aromatic N) is 1. The van der Waals surface area contributed by atoms with Crippen LogP contribution in [0.15, 0.2) is 18.2 Å². The van der Waals surface area contributed by atoms with Gasteiger partial charge in [-0.1, -0.05) is 11.6 Å². The quantitative estimate of drug-likeness (QED) is 0.782. The van der Waals surface area contributed by atoms with Crippen LogP contribution in [0.4, 0.5) is 0 Å². The third-order valence-corrected chi connectivity index (χ3v) is 3.15. The van der Waals surface area contributed by atoms with Crippen molar-refractivity contribution in [3.8, 4) is 5.75 Å². The van der Waals surface area contributed by atoms with E-state index in [4.69, 9.17) is 21.1 Å². The summed E-state index contributed by atoms with van der Waals surface area (Å²) in [6.07, 6.45) is 0.820. The maximum absolute atomic E-state index is 10.6. The Labute approximate surface area is 111 Å². The van der Waals surface area contributed by atoms with Crippen LogP contribution in [0.5, 0.6) is 5.75 Å². The Morgan fingerprint density at radius 3 is 3.11 bits per heavy atom. The van der Waals surface area contributed by atoms with E-state index >= 15 is 0 Å². The molecule has 1 unspecified atom stereocenters. The average molecular weight is 270 g/mol. The topological polar surface area (TPSA) is 38.8 Å². The molecule has 0 saturated carbocycles. The Morgan fingerprint density at radius 2 is 2.44 bits per heavy atom. The monoisotopic (exact) mass is 269 g/mol. The fourth-order valence-corrected chi connectivity index (χ4v) is 2.10. The lowest BCUT2D eigenvalue weighted by atomic mass is 10.2. The molecule has 98 valence electrons. The van der Waals surface area contributed by atoms with E-state index in [-0.39, 0.29) is 6.10 Å². The van der Waals surface area contributed by atoms with Gasteiger partial charge in [0.05, 0.1) is 11.6 Å². The van der Waals surface area contributed by atoms with Gasteiger partial charge in [-0.05, 0) is 25.2 Å². The van der Waals surface area contributed by atoms with E-state index in [1.54, 1.807) is 18.2 Å². The number of rotatable bonds is 4. The van der Waals surface area contributed by atoms with Crippen molar-refractivity contribution < 1.29 is 14.3 Å². The first-order chi connectivity index (χ1) is 8.69. The maximum Gasteiger partial charge on any atom is 0.150 e. The van der Waals surface area contributed by atoms with Crippen LogP contribution in [-0.4, -0.2) is 50.6 Å². The molecule has 0 bridgehead atoms. The number of aldehydes is 1. The number of morpholine rings is 1. The summed E-state index contributed by atoms with van der Waals surface area (Å²) in [6.45, 7) is 2.99. The van der Waals surface area contributed by atoms with Gasteiger partial charge in [0.2, 0.25) is 0 Å². The molecule has 4 nitrogen and oxygen atoms in total. The number of halogens is 1. The molecule has 0 N–H and O–H groups in total. The third kappa shape index (κ3) is 3.45. The minimum Gasteiger partial charge on any atom is -0.489 e. The van der Waals surface area contributed by atoms with Crippen LogP contribution in [0.2, 0.25) is 5.02 Å². The van der Waals surface area contributed by atoms with E-state index in [1.165, 1.54) is 0 Å². The van der Waals surface area contributed by atoms with Gasteiger partial charge in [-0.15, -0.1) is 0 Å². The summed E-state index contributed by atoms with van der Waals surface area (Å²) in [5.74, 6) is 0.582. The van der Waals surface area contributed by atoms with Crippen LogP contribution in [-0.2, 0) is 4.74 Å². The predicted octanol–water partition coefficient (Wildman–Crippen LogP) is 1.86. The zero-order chi connectivity index (χ0) is 13.0. The summed E-state index contributed by atoms with van der Waals surface area (Å²) >= 11 is 6.02. The van der Waals surface area contributed by atoms with Crippen molar-refractivity contribution in [2.45, 2.75) is 6.10 Å². The second-order valence-corrected chi connectivity index (χ2v) is 4.78. The number of carbonyl (C=O) groups is 1. The molecule has 0 radical (unpaired) electrons. The molecule has 0 spiro atoms. The highest BCUT2D eigenvalue weighted by atomic mass is 35.5. The third-order valence-electron chi connectivity index (χ3n) is 2.86. The molecule has 1 heterocycles. The standard InChI is InChI=1S/C13H16ClNO3/c1-15-4-5-17-11(7-15)9-18-13-3-2-10(8-16)6-12(13)14/h2-3,6,8,11H,4-5,7,9H2,1H3. The molecule has 1 aliphatic heterocycles. The first kappa shape index (κ1) is 13.3. The van der Waals surface area contributed by atoms with Crippen molar-refractivity contribution in [2.24, 2.45) is 0 Å². The van der Waals surface area contributed by atoms with Gasteiger partial charge < -0.3 is 14.4 Å². The van der Waals surface area contributed by atoms with Gasteiger partial charge in [-0.2, -0.15) is 0 Å². The highest BCUT2D eigenvalue weighted by molar-refractivity contribution is 6.32. The van der Waals surface area contributed by atoms with Gasteiger partial charge >= 0.3 is 0 Å². The van der Waals surface area contributed by atoms with E-state index in [9.17, 15) is 4.79 Å². The van der Waals surface area contributed by atoms with Gasteiger partial charge in [0.25, 0.3) is 0 Å². The predicted molar refractivity (Wildman–Crippen MR) is 69.6 cm³/mol. The van der Waals surface area contributed by atoms with Crippen molar-refractivity contribution in [3.63, 3.8) is 0 Å². The summed E-state index contributed by atoms with van der Waals surface area (Å²) in [5, 5.41) is 0.448. The van der Waals surface area contributed by atoms with Crippen LogP contribution in [0.1, 0.15) is 10.4 Å². The van der Waals surface area contributed by atoms with Crippen molar-refractivity contribution in [3.05, 3.63) is 28.8 Å². The molecule has 1 aliphatic rings. The molecule has 0 aliphatic carbocycles. The van der Waals surface area contributed by atoms with Crippen molar-refractivity contribution in [2.75, 3.05) is 33.4 Å². The Kier molecular flexibility index (Phi) is 4.58. The summed E-state index contributed by atoms with van der Waals surface area (Å²) in [6, 6.07) is 4.98. The lowest BCUT2D eigenvalue weighted by molar-refractivity contribution is -0.0403. The van der Waals surface area contributed by atoms with E-state index in [1.807, 2.05) is 0 Å². The number of hydrogen-bond donors (Lipinski definition) is 0. The summed E-state index contributed by atoms with van der Waals surface area (Å²) in [4.78, 5) is 12.8. The van der Waals surface area contributed by atoms with Crippen molar-refractivity contribution >= 4 is 17.9 Å². The Bertz CT molecular complexity index is 425. The van der Waals surface area contributed by atoms with Crippen molar-refractivity contribution in [1.29, 1.82) is 0 Å². The molecule has 1 atom stereocenters. The molecule has 0 amide bonds. The molecule has 1 aromatic carbocycles. The first-order valence-electron chi connectivity index (χ1n) is 5.86. The van der Waals surface area contributed by atoms with E-state index in [0.717, 1.165) is 26.0 Å². The smallest absolute Gasteiger partial charge is 0.150 e. The first-order valence-corrected chi connectivity index (χ1v) is 6.24. The van der Waals surface area contributed by atoms with Gasteiger partial charge in [0.1, 0.15) is 24.7 Å². The highest BCUT2D eigenvalue weighted by Gasteiger charge is 2.18. The van der Waals surface area contributed by atoms with Gasteiger partial charge in [-0.25, -0.2) is 0 Å². The van der Waals surface area contributed by atoms with E-state index in [2.05, 4.69) is 11.9 Å². The normalized spacial score (nSPS) is 20.7. The Hall–Kier alpha value is -1.10. The molecule has 1 saturated heterocycles. The fourth-order valence-electron chi connectivity index (χ4n) is 1.86. The molecule has 2 rings (SSSR count). The molecule has 1 aromatic rings. The molecule has 1 fully saturated rings. The van der Waals surface area contributed by atoms with Gasteiger partial charge in [0.15, 0.2) is 0 Å². The summed E-state index contributed by atoms with van der Waals surface area (Å²) < 4.78 is 11.2. The Morgan fingerprint density at radius 1 is 1.61 bits per heavy atom. The minimum atomic E-state index is 0.0607. The number of benzene rings is 1. The molecule has 0 aromatic heterocycles. The van der Waals surface area contributed by atoms with Crippen LogP contribution in [0.3, 0.4) is 0 Å². The SMILES string of the molecule is CN1CCOC(COc2ccc(C=O)cc2Cl)C1. The fraction of sp³-hybridized carbons (Fsp3) is 0.462. The molecule has 5 heteroatoms. The Balaban J connectivity index is 1.91. The van der Waals surface area contributed by atoms with Crippen molar-refractivity contribution in [1.82, 2.24) is 4.90 Å². The number of carbonyl (C=O) groups excluding carboxylic acids is 1. The van der Waals surface area contributed by atoms with E-state index in [0.29, 0.717) is 22.9 Å². The molecular weight excluding hydrogens is 254 g/mol. The van der Waals surface area contributed by atoms with Crippen LogP contribution in [0.25, 0.3) is 0 Å². The number of hydrogen-bond acceptors (Lipinski definition) is 4. The highest BCUT2D eigenvalue weighted by Crippen LogP contribution is 2.25. The van der Waals surface area contributed by atoms with Crippen LogP contribution < -0.4 is 4.74 Å². The lowest BCUT2D eigenvalue weighted by Crippen LogP contribution is -2.42. The maximum atomic E-state index is 10.6. The summed E-state index contributed by atoms with van der Waals surface area (Å²) in [5.41, 5.74) is 0.543. The van der Waals surface area contributed by atoms with Crippen LogP contribution >= 0.6 is 11.6 Å². The minimum absolute atomic E-state index is 0.0607. The largest absolute Gasteiger partial charge is 0.489 e. The van der Waals surface area contributed by atoms with Gasteiger partial charge in [-0.3, -0.25) is 4.79 Å². The number of ether oxygens (including phenoxy) is 2. The van der Waals surface area contributed by atoms with E-state index < -0.39 is 0 Å². The molecule has 18 heavy (non-hydrogen) atoms. The summed E-state index contributed by atoms with van der Waals surface area (Å²) in [7, 11) is 2.06. The second-order valence-electron chi connectivity index (χ2n) is 4.37.